The zero-order valence-electron chi connectivity index (χ0n) is 63.9. The first kappa shape index (κ1) is 96.8. The minimum absolute atomic E-state index is 0.0895. The number of hydrogen-bond acceptors (Lipinski definition) is 15. The summed E-state index contributed by atoms with van der Waals surface area (Å²) in [7, 11) is -9.95. The van der Waals surface area contributed by atoms with Gasteiger partial charge in [0.2, 0.25) is 0 Å². The smallest absolute Gasteiger partial charge is 0.462 e. The summed E-state index contributed by atoms with van der Waals surface area (Å²) >= 11 is 0. The van der Waals surface area contributed by atoms with Crippen LogP contribution in [0.4, 0.5) is 0 Å². The lowest BCUT2D eigenvalue weighted by atomic mass is 10.0. The van der Waals surface area contributed by atoms with Gasteiger partial charge in [-0.3, -0.25) is 37.3 Å². The van der Waals surface area contributed by atoms with Gasteiger partial charge in [0, 0.05) is 25.7 Å². The number of esters is 4. The minimum Gasteiger partial charge on any atom is -0.462 e. The second kappa shape index (κ2) is 74.0. The Hall–Kier alpha value is -3.24. The van der Waals surface area contributed by atoms with Crippen LogP contribution in [0.25, 0.3) is 0 Å². The first-order valence-electron chi connectivity index (χ1n) is 40.5. The molecule has 0 fully saturated rings. The SMILES string of the molecule is CCCCC/C=C\C/C=C\C/C=C\C/C=C\CCCC(=O)OC[C@H](COP(=O)(O)OC[C@@H](O)COP(=O)(O)OC[C@@H](COC(=O)CCCCCCCCCCCCCCCCC)OC(=O)CCCCCCC/C=C\CCCCCC)OC(=O)CCCCCCCCCCCCCCCCC. The molecule has 0 aromatic carbocycles. The summed E-state index contributed by atoms with van der Waals surface area (Å²) < 4.78 is 68.6. The summed E-state index contributed by atoms with van der Waals surface area (Å²) in [6.45, 7) is 4.84. The van der Waals surface area contributed by atoms with Gasteiger partial charge in [-0.05, 0) is 89.9 Å². The minimum atomic E-state index is -4.98. The number of ether oxygens (including phenoxy) is 4. The van der Waals surface area contributed by atoms with Crippen LogP contribution in [0.3, 0.4) is 0 Å². The molecule has 0 heterocycles. The van der Waals surface area contributed by atoms with E-state index in [1.165, 1.54) is 180 Å². The number of phosphoric ester groups is 2. The highest BCUT2D eigenvalue weighted by molar-refractivity contribution is 7.47. The van der Waals surface area contributed by atoms with Crippen LogP contribution in [-0.4, -0.2) is 96.7 Å². The van der Waals surface area contributed by atoms with Gasteiger partial charge < -0.3 is 33.8 Å². The first-order chi connectivity index (χ1) is 48.7. The maximum atomic E-state index is 13.1. The number of phosphoric acid groups is 2. The molecule has 2 unspecified atom stereocenters. The van der Waals surface area contributed by atoms with Gasteiger partial charge in [-0.25, -0.2) is 9.13 Å². The predicted molar refractivity (Wildman–Crippen MR) is 409 cm³/mol. The van der Waals surface area contributed by atoms with Crippen LogP contribution in [0.2, 0.25) is 0 Å². The monoisotopic (exact) mass is 1460 g/mol. The van der Waals surface area contributed by atoms with Crippen LogP contribution in [0.1, 0.15) is 374 Å². The van der Waals surface area contributed by atoms with Gasteiger partial charge in [0.1, 0.15) is 19.3 Å². The van der Waals surface area contributed by atoms with Gasteiger partial charge in [0.25, 0.3) is 0 Å². The molecule has 17 nitrogen and oxygen atoms in total. The molecule has 584 valence electrons. The largest absolute Gasteiger partial charge is 0.472 e. The van der Waals surface area contributed by atoms with Crippen molar-refractivity contribution in [2.24, 2.45) is 0 Å². The number of unbranched alkanes of at least 4 members (excludes halogenated alkanes) is 41. The Morgan fingerprint density at radius 1 is 0.280 bits per heavy atom. The highest BCUT2D eigenvalue weighted by Crippen LogP contribution is 2.45. The number of hydrogen-bond donors (Lipinski definition) is 3. The van der Waals surface area contributed by atoms with Crippen molar-refractivity contribution in [2.75, 3.05) is 39.6 Å². The van der Waals surface area contributed by atoms with Gasteiger partial charge in [-0.15, -0.1) is 0 Å². The zero-order chi connectivity index (χ0) is 73.2. The van der Waals surface area contributed by atoms with Crippen molar-refractivity contribution in [3.05, 3.63) is 60.8 Å². The summed E-state index contributed by atoms with van der Waals surface area (Å²) in [6, 6.07) is 0. The Balaban J connectivity index is 5.36. The fourth-order valence-corrected chi connectivity index (χ4v) is 12.8. The Morgan fingerprint density at radius 3 is 0.830 bits per heavy atom. The van der Waals surface area contributed by atoms with E-state index in [1.54, 1.807) is 0 Å². The van der Waals surface area contributed by atoms with Crippen molar-refractivity contribution in [1.29, 1.82) is 0 Å². The molecule has 0 aliphatic heterocycles. The van der Waals surface area contributed by atoms with Gasteiger partial charge in [0.15, 0.2) is 12.2 Å². The molecular formula is C81H148O17P2. The van der Waals surface area contributed by atoms with E-state index in [0.29, 0.717) is 32.1 Å². The quantitative estimate of drug-likeness (QED) is 0.0169. The number of rotatable bonds is 77. The number of allylic oxidation sites excluding steroid dienone is 10. The maximum Gasteiger partial charge on any atom is 0.472 e. The van der Waals surface area contributed by atoms with E-state index in [0.717, 1.165) is 109 Å². The van der Waals surface area contributed by atoms with Crippen LogP contribution in [-0.2, 0) is 65.4 Å². The van der Waals surface area contributed by atoms with E-state index < -0.39 is 97.5 Å². The third-order valence-electron chi connectivity index (χ3n) is 17.5. The summed E-state index contributed by atoms with van der Waals surface area (Å²) in [5.41, 5.74) is 0. The standard InChI is InChI=1S/C81H148O17P2/c1-5-9-13-17-21-25-29-33-36-37-40-43-46-50-54-58-62-66-79(84)92-72-77(98-81(86)68-64-60-56-52-48-44-39-35-31-27-23-19-15-11-7-3)74-96-100(89,90)94-70-75(82)69-93-99(87,88)95-73-76(97-80(85)67-63-59-55-51-47-41-32-28-24-20-16-12-8-4)71-91-78(83)65-61-57-53-49-45-42-38-34-30-26-22-18-14-10-6-2/h21,25,28,32-33,36,40,43,50,54,75-77,82H,5-20,22-24,26-27,29-31,34-35,37-39,41-42,44-49,51-53,55-74H2,1-4H3,(H,87,88)(H,89,90)/b25-21-,32-28-,36-33-,43-40-,54-50-/t75-,76+,77+/m0/s1. The molecule has 0 aliphatic carbocycles. The molecule has 0 aliphatic rings. The van der Waals surface area contributed by atoms with Crippen LogP contribution < -0.4 is 0 Å². The topological polar surface area (TPSA) is 237 Å². The number of carbonyl (C=O) groups excluding carboxylic acids is 4. The summed E-state index contributed by atoms with van der Waals surface area (Å²) in [5, 5.41) is 10.6. The van der Waals surface area contributed by atoms with Crippen molar-refractivity contribution >= 4 is 39.5 Å². The second-order valence-corrected chi connectivity index (χ2v) is 30.3. The van der Waals surface area contributed by atoms with Gasteiger partial charge in [0.05, 0.1) is 26.4 Å². The highest BCUT2D eigenvalue weighted by atomic mass is 31.2. The number of aliphatic hydroxyl groups is 1. The van der Waals surface area contributed by atoms with Gasteiger partial charge in [-0.2, -0.15) is 0 Å². The molecular weight excluding hydrogens is 1310 g/mol. The number of aliphatic hydroxyl groups excluding tert-OH is 1. The molecule has 3 N–H and O–H groups in total. The third-order valence-corrected chi connectivity index (χ3v) is 19.4. The lowest BCUT2D eigenvalue weighted by Gasteiger charge is -2.21. The van der Waals surface area contributed by atoms with E-state index in [-0.39, 0.29) is 25.7 Å². The molecule has 0 radical (unpaired) electrons. The van der Waals surface area contributed by atoms with Crippen molar-refractivity contribution in [2.45, 2.75) is 393 Å². The van der Waals surface area contributed by atoms with Gasteiger partial charge in [-0.1, -0.05) is 320 Å². The van der Waals surface area contributed by atoms with Crippen LogP contribution >= 0.6 is 15.6 Å². The first-order valence-corrected chi connectivity index (χ1v) is 43.5. The van der Waals surface area contributed by atoms with Crippen molar-refractivity contribution in [1.82, 2.24) is 0 Å². The normalized spacial score (nSPS) is 14.2. The molecule has 0 aromatic heterocycles. The van der Waals surface area contributed by atoms with E-state index in [9.17, 15) is 43.2 Å². The Morgan fingerprint density at radius 2 is 0.500 bits per heavy atom. The van der Waals surface area contributed by atoms with Crippen LogP contribution in [0, 0.1) is 0 Å². The van der Waals surface area contributed by atoms with Crippen molar-refractivity contribution in [3.63, 3.8) is 0 Å². The fourth-order valence-electron chi connectivity index (χ4n) is 11.3. The Kier molecular flexibility index (Phi) is 71.6. The molecule has 19 heteroatoms. The maximum absolute atomic E-state index is 13.1. The lowest BCUT2D eigenvalue weighted by Crippen LogP contribution is -2.30. The molecule has 0 saturated heterocycles. The molecule has 0 bridgehead atoms. The number of carbonyl (C=O) groups is 4. The van der Waals surface area contributed by atoms with Crippen LogP contribution in [0.15, 0.2) is 60.8 Å². The fraction of sp³-hybridized carbons (Fsp3) is 0.827. The Bertz CT molecular complexity index is 2130. The zero-order valence-corrected chi connectivity index (χ0v) is 65.7. The molecule has 0 amide bonds. The van der Waals surface area contributed by atoms with Crippen molar-refractivity contribution < 1.29 is 80.2 Å². The summed E-state index contributed by atoms with van der Waals surface area (Å²) in [5.74, 6) is -2.21. The predicted octanol–water partition coefficient (Wildman–Crippen LogP) is 23.5. The molecule has 100 heavy (non-hydrogen) atoms. The average molecular weight is 1460 g/mol. The lowest BCUT2D eigenvalue weighted by molar-refractivity contribution is -0.161. The van der Waals surface area contributed by atoms with E-state index in [4.69, 9.17) is 37.0 Å². The summed E-state index contributed by atoms with van der Waals surface area (Å²) in [6.07, 6.45) is 73.4. The molecule has 0 saturated carbocycles. The van der Waals surface area contributed by atoms with Gasteiger partial charge >= 0.3 is 39.5 Å². The van der Waals surface area contributed by atoms with E-state index >= 15 is 0 Å². The average Bonchev–Trinajstić information content (AvgIpc) is 1.06. The third kappa shape index (κ3) is 73.1. The summed E-state index contributed by atoms with van der Waals surface area (Å²) in [4.78, 5) is 73.0. The van der Waals surface area contributed by atoms with Crippen LogP contribution in [0.5, 0.6) is 0 Å². The molecule has 5 atom stereocenters. The second-order valence-electron chi connectivity index (χ2n) is 27.4. The van der Waals surface area contributed by atoms with E-state index in [1.807, 2.05) is 12.2 Å². The molecule has 0 aromatic rings. The molecule has 0 spiro atoms. The molecule has 0 rings (SSSR count). The Labute approximate surface area is 610 Å². The highest BCUT2D eigenvalue weighted by Gasteiger charge is 2.30. The van der Waals surface area contributed by atoms with E-state index in [2.05, 4.69) is 76.3 Å². The van der Waals surface area contributed by atoms with Crippen molar-refractivity contribution in [3.8, 4) is 0 Å².